The Labute approximate surface area is 131 Å². The zero-order valence-corrected chi connectivity index (χ0v) is 12.8. The second-order valence-electron chi connectivity index (χ2n) is 4.26. The molecule has 0 aromatic carbocycles. The van der Waals surface area contributed by atoms with Crippen LogP contribution in [0.3, 0.4) is 0 Å². The number of halogens is 1. The van der Waals surface area contributed by atoms with Crippen LogP contribution in [0.2, 0.25) is 5.02 Å². The fraction of sp³-hybridized carbons (Fsp3) is 0.214. The molecule has 4 N–H and O–H groups in total. The van der Waals surface area contributed by atoms with Gasteiger partial charge in [0.15, 0.2) is 5.58 Å². The number of carbonyl (C=O) groups is 1. The molecule has 2 aromatic heterocycles. The summed E-state index contributed by atoms with van der Waals surface area (Å²) in [6.07, 6.45) is 2.69. The third-order valence-electron chi connectivity index (χ3n) is 2.84. The zero-order chi connectivity index (χ0) is 16.3. The molecule has 0 aliphatic carbocycles. The average Bonchev–Trinajstić information content (AvgIpc) is 2.81. The van der Waals surface area contributed by atoms with Gasteiger partial charge in [-0.25, -0.2) is 9.78 Å². The fourth-order valence-electron chi connectivity index (χ4n) is 1.90. The molecule has 0 aliphatic heterocycles. The number of allylic oxidation sites excluding steroid dienone is 1. The summed E-state index contributed by atoms with van der Waals surface area (Å²) in [5.74, 6) is -0.764. The lowest BCUT2D eigenvalue weighted by Crippen LogP contribution is -2.06. The molecule has 22 heavy (non-hydrogen) atoms. The van der Waals surface area contributed by atoms with Crippen molar-refractivity contribution in [3.05, 3.63) is 28.7 Å². The van der Waals surface area contributed by atoms with Gasteiger partial charge >= 0.3 is 5.97 Å². The molecule has 2 rings (SSSR count). The van der Waals surface area contributed by atoms with E-state index in [4.69, 9.17) is 31.9 Å². The molecule has 2 heterocycles. The number of nitrogens with zero attached hydrogens (tertiary/aromatic N) is 1. The smallest absolute Gasteiger partial charge is 0.376 e. The summed E-state index contributed by atoms with van der Waals surface area (Å²) in [6.45, 7) is 1.89. The molecule has 0 saturated carbocycles. The van der Waals surface area contributed by atoms with Crippen LogP contribution in [-0.2, 0) is 4.74 Å². The lowest BCUT2D eigenvalue weighted by Gasteiger charge is -2.04. The van der Waals surface area contributed by atoms with Crippen molar-refractivity contribution in [1.82, 2.24) is 10.3 Å². The van der Waals surface area contributed by atoms with E-state index in [2.05, 4.69) is 10.3 Å². The number of pyridine rings is 1. The normalized spacial score (nSPS) is 11.5. The van der Waals surface area contributed by atoms with Crippen LogP contribution in [0.25, 0.3) is 16.7 Å². The van der Waals surface area contributed by atoms with Crippen LogP contribution in [0, 0.1) is 5.41 Å². The number of ether oxygens (including phenoxy) is 1. The Kier molecular flexibility index (Phi) is 4.67. The molecule has 116 valence electrons. The van der Waals surface area contributed by atoms with Crippen LogP contribution in [0.15, 0.2) is 16.7 Å². The van der Waals surface area contributed by atoms with E-state index in [1.54, 1.807) is 20.2 Å². The summed E-state index contributed by atoms with van der Waals surface area (Å²) < 4.78 is 10.3. The maximum Gasteiger partial charge on any atom is 0.376 e. The Morgan fingerprint density at radius 2 is 2.36 bits per heavy atom. The highest BCUT2D eigenvalue weighted by Crippen LogP contribution is 2.32. The SMILES string of the molecule is CCOC(=O)c1oc2cc(Cl)c(/C(C=N)=C/NC)nc2c1N. The molecule has 2 aromatic rings. The summed E-state index contributed by atoms with van der Waals surface area (Å²) in [4.78, 5) is 16.1. The van der Waals surface area contributed by atoms with Gasteiger partial charge in [-0.3, -0.25) is 0 Å². The van der Waals surface area contributed by atoms with E-state index >= 15 is 0 Å². The predicted molar refractivity (Wildman–Crippen MR) is 85.2 cm³/mol. The molecule has 0 unspecified atom stereocenters. The number of nitrogen functional groups attached to an aromatic ring is 1. The number of fused-ring (bicyclic) bond motifs is 1. The molecule has 8 heteroatoms. The number of carbonyl (C=O) groups excluding carboxylic acids is 1. The monoisotopic (exact) mass is 322 g/mol. The first-order valence-electron chi connectivity index (χ1n) is 6.47. The Morgan fingerprint density at radius 3 is 2.95 bits per heavy atom. The number of aromatic nitrogens is 1. The fourth-order valence-corrected chi connectivity index (χ4v) is 2.15. The molecule has 0 bridgehead atoms. The van der Waals surface area contributed by atoms with Crippen molar-refractivity contribution in [2.24, 2.45) is 0 Å². The predicted octanol–water partition coefficient (Wildman–Crippen LogP) is 2.45. The first-order valence-corrected chi connectivity index (χ1v) is 6.85. The highest BCUT2D eigenvalue weighted by atomic mass is 35.5. The minimum Gasteiger partial charge on any atom is -0.460 e. The largest absolute Gasteiger partial charge is 0.460 e. The number of anilines is 1. The lowest BCUT2D eigenvalue weighted by atomic mass is 10.2. The van der Waals surface area contributed by atoms with Crippen LogP contribution in [-0.4, -0.2) is 30.8 Å². The third-order valence-corrected chi connectivity index (χ3v) is 3.13. The Balaban J connectivity index is 2.63. The van der Waals surface area contributed by atoms with Crippen molar-refractivity contribution >= 4 is 46.1 Å². The lowest BCUT2D eigenvalue weighted by molar-refractivity contribution is 0.0494. The van der Waals surface area contributed by atoms with Crippen LogP contribution in [0.5, 0.6) is 0 Å². The number of nitrogens with one attached hydrogen (secondary N) is 2. The van der Waals surface area contributed by atoms with E-state index in [1.807, 2.05) is 0 Å². The van der Waals surface area contributed by atoms with Gasteiger partial charge in [0.2, 0.25) is 5.76 Å². The van der Waals surface area contributed by atoms with Gasteiger partial charge in [-0.15, -0.1) is 0 Å². The van der Waals surface area contributed by atoms with E-state index in [9.17, 15) is 4.79 Å². The highest BCUT2D eigenvalue weighted by Gasteiger charge is 2.22. The summed E-state index contributed by atoms with van der Waals surface area (Å²) in [6, 6.07) is 1.51. The van der Waals surface area contributed by atoms with E-state index in [0.29, 0.717) is 16.8 Å². The second-order valence-corrected chi connectivity index (χ2v) is 4.67. The minimum absolute atomic E-state index is 0.0835. The number of rotatable bonds is 5. The van der Waals surface area contributed by atoms with Gasteiger partial charge in [-0.2, -0.15) is 0 Å². The Bertz CT molecular complexity index is 767. The van der Waals surface area contributed by atoms with Crippen LogP contribution < -0.4 is 11.1 Å². The van der Waals surface area contributed by atoms with Gasteiger partial charge in [-0.05, 0) is 6.92 Å². The van der Waals surface area contributed by atoms with Gasteiger partial charge in [0.05, 0.1) is 17.3 Å². The van der Waals surface area contributed by atoms with Gasteiger partial charge in [0.25, 0.3) is 0 Å². The Hall–Kier alpha value is -2.54. The summed E-state index contributed by atoms with van der Waals surface area (Å²) in [5.41, 5.74) is 7.40. The van der Waals surface area contributed by atoms with Gasteiger partial charge < -0.3 is 25.6 Å². The molecule has 0 aliphatic rings. The van der Waals surface area contributed by atoms with E-state index in [0.717, 1.165) is 6.21 Å². The number of esters is 1. The molecule has 0 spiro atoms. The van der Waals surface area contributed by atoms with Crippen LogP contribution >= 0.6 is 11.6 Å². The number of hydrogen-bond donors (Lipinski definition) is 3. The van der Waals surface area contributed by atoms with Gasteiger partial charge in [0.1, 0.15) is 11.2 Å². The van der Waals surface area contributed by atoms with Crippen LogP contribution in [0.4, 0.5) is 5.69 Å². The van der Waals surface area contributed by atoms with Crippen molar-refractivity contribution in [1.29, 1.82) is 5.41 Å². The van der Waals surface area contributed by atoms with Crippen molar-refractivity contribution in [2.45, 2.75) is 6.92 Å². The molecule has 7 nitrogen and oxygen atoms in total. The van der Waals surface area contributed by atoms with Crippen LogP contribution in [0.1, 0.15) is 23.2 Å². The summed E-state index contributed by atoms with van der Waals surface area (Å²) in [7, 11) is 1.70. The first kappa shape index (κ1) is 15.8. The molecular weight excluding hydrogens is 308 g/mol. The van der Waals surface area contributed by atoms with E-state index in [1.165, 1.54) is 6.07 Å². The highest BCUT2D eigenvalue weighted by molar-refractivity contribution is 6.34. The standard InChI is InChI=1S/C14H15ClN4O3/c1-3-21-14(20)13-10(17)12-9(22-13)4-8(15)11(19-12)7(5-16)6-18-2/h4-6,16,18H,3,17H2,1-2H3/b7-6+,16-5?. The summed E-state index contributed by atoms with van der Waals surface area (Å²) >= 11 is 6.16. The molecule has 0 fully saturated rings. The third kappa shape index (κ3) is 2.75. The summed E-state index contributed by atoms with van der Waals surface area (Å²) in [5, 5.41) is 10.5. The maximum atomic E-state index is 11.8. The molecule has 0 radical (unpaired) electrons. The van der Waals surface area contributed by atoms with Crippen molar-refractivity contribution in [3.8, 4) is 0 Å². The number of furan rings is 1. The second kappa shape index (κ2) is 6.48. The molecule has 0 saturated heterocycles. The number of nitrogens with two attached hydrogens (primary N) is 1. The Morgan fingerprint density at radius 1 is 1.64 bits per heavy atom. The van der Waals surface area contributed by atoms with E-state index in [-0.39, 0.29) is 28.7 Å². The van der Waals surface area contributed by atoms with Gasteiger partial charge in [-0.1, -0.05) is 11.6 Å². The zero-order valence-electron chi connectivity index (χ0n) is 12.1. The average molecular weight is 323 g/mol. The van der Waals surface area contributed by atoms with Crippen molar-refractivity contribution in [3.63, 3.8) is 0 Å². The van der Waals surface area contributed by atoms with E-state index < -0.39 is 5.97 Å². The maximum absolute atomic E-state index is 11.8. The van der Waals surface area contributed by atoms with Crippen molar-refractivity contribution in [2.75, 3.05) is 19.4 Å². The molecular formula is C14H15ClN4O3. The quantitative estimate of drug-likeness (QED) is 0.575. The molecule has 0 amide bonds. The minimum atomic E-state index is -0.659. The first-order chi connectivity index (χ1) is 10.5. The molecule has 0 atom stereocenters. The van der Waals surface area contributed by atoms with Gasteiger partial charge in [0, 0.05) is 31.1 Å². The number of hydrogen-bond acceptors (Lipinski definition) is 7. The van der Waals surface area contributed by atoms with Crippen molar-refractivity contribution < 1.29 is 13.9 Å². The topological polar surface area (TPSA) is 114 Å².